The van der Waals surface area contributed by atoms with Gasteiger partial charge in [0.05, 0.1) is 17.7 Å². The molecule has 0 aliphatic rings. The lowest BCUT2D eigenvalue weighted by molar-refractivity contribution is -0.143. The number of carbonyl (C=O) groups is 1. The number of rotatable bonds is 2. The van der Waals surface area contributed by atoms with Crippen LogP contribution >= 0.6 is 0 Å². The first-order chi connectivity index (χ1) is 9.41. The van der Waals surface area contributed by atoms with Crippen LogP contribution in [0.1, 0.15) is 34.0 Å². The van der Waals surface area contributed by atoms with Crippen molar-refractivity contribution in [3.05, 3.63) is 28.3 Å². The molecular formula is C12H10F6O3. The zero-order valence-electron chi connectivity index (χ0n) is 10.8. The number of carbonyl (C=O) groups excluding carboxylic acids is 1. The fraction of sp³-hybridized carbons (Fsp3) is 0.417. The van der Waals surface area contributed by atoms with E-state index < -0.39 is 46.3 Å². The molecule has 21 heavy (non-hydrogen) atoms. The standard InChI is InChI=1S/C12H10F6O3/c1-3-21-10(20)8-7(12(16,17)18)4-6(11(13,14)15)5(2)9(8)19/h4,19H,3H2,1-2H3. The summed E-state index contributed by atoms with van der Waals surface area (Å²) in [6.07, 6.45) is -10.4. The molecule has 118 valence electrons. The SMILES string of the molecule is CCOC(=O)c1c(C(F)(F)F)cc(C(F)(F)F)c(C)c1O. The number of hydrogen-bond acceptors (Lipinski definition) is 3. The summed E-state index contributed by atoms with van der Waals surface area (Å²) in [5.41, 5.74) is -5.76. The van der Waals surface area contributed by atoms with Crippen LogP contribution in [0.2, 0.25) is 0 Å². The van der Waals surface area contributed by atoms with Crippen molar-refractivity contribution in [3.63, 3.8) is 0 Å². The topological polar surface area (TPSA) is 46.5 Å². The number of alkyl halides is 6. The van der Waals surface area contributed by atoms with Crippen molar-refractivity contribution in [3.8, 4) is 5.75 Å². The fourth-order valence-corrected chi connectivity index (χ4v) is 1.70. The predicted octanol–water partition coefficient (Wildman–Crippen LogP) is 3.91. The van der Waals surface area contributed by atoms with Crippen molar-refractivity contribution in [1.82, 2.24) is 0 Å². The van der Waals surface area contributed by atoms with Gasteiger partial charge in [-0.1, -0.05) is 0 Å². The van der Waals surface area contributed by atoms with E-state index in [1.807, 2.05) is 0 Å². The Kier molecular flexibility index (Phi) is 4.45. The zero-order chi connectivity index (χ0) is 16.6. The third-order valence-corrected chi connectivity index (χ3v) is 2.64. The van der Waals surface area contributed by atoms with Gasteiger partial charge in [0.25, 0.3) is 0 Å². The van der Waals surface area contributed by atoms with Crippen LogP contribution in [-0.4, -0.2) is 17.7 Å². The minimum Gasteiger partial charge on any atom is -0.507 e. The molecule has 0 fully saturated rings. The van der Waals surface area contributed by atoms with Crippen molar-refractivity contribution in [1.29, 1.82) is 0 Å². The summed E-state index contributed by atoms with van der Waals surface area (Å²) in [6.45, 7) is 1.77. The molecule has 0 saturated heterocycles. The number of halogens is 6. The molecule has 0 saturated carbocycles. The number of phenols is 1. The molecule has 0 spiro atoms. The van der Waals surface area contributed by atoms with Crippen molar-refractivity contribution in [2.45, 2.75) is 26.2 Å². The second-order valence-electron chi connectivity index (χ2n) is 4.04. The quantitative estimate of drug-likeness (QED) is 0.664. The fourth-order valence-electron chi connectivity index (χ4n) is 1.70. The van der Waals surface area contributed by atoms with E-state index in [1.165, 1.54) is 6.92 Å². The van der Waals surface area contributed by atoms with Gasteiger partial charge in [0.1, 0.15) is 11.3 Å². The largest absolute Gasteiger partial charge is 0.507 e. The lowest BCUT2D eigenvalue weighted by atomic mass is 9.96. The molecule has 0 aliphatic carbocycles. The van der Waals surface area contributed by atoms with E-state index in [9.17, 15) is 36.2 Å². The molecule has 0 unspecified atom stereocenters. The molecule has 0 atom stereocenters. The number of hydrogen-bond donors (Lipinski definition) is 1. The molecule has 0 heterocycles. The highest BCUT2D eigenvalue weighted by molar-refractivity contribution is 5.95. The minimum absolute atomic E-state index is 0.207. The molecule has 0 amide bonds. The molecule has 0 radical (unpaired) electrons. The highest BCUT2D eigenvalue weighted by atomic mass is 19.4. The Morgan fingerprint density at radius 3 is 2.00 bits per heavy atom. The van der Waals surface area contributed by atoms with Crippen molar-refractivity contribution in [2.24, 2.45) is 0 Å². The number of ether oxygens (including phenoxy) is 1. The van der Waals surface area contributed by atoms with Gasteiger partial charge < -0.3 is 9.84 Å². The molecule has 9 heteroatoms. The lowest BCUT2D eigenvalue weighted by Gasteiger charge is -2.19. The first kappa shape index (κ1) is 17.1. The first-order valence-corrected chi connectivity index (χ1v) is 5.59. The van der Waals surface area contributed by atoms with E-state index in [0.29, 0.717) is 0 Å². The normalized spacial score (nSPS) is 12.4. The average molecular weight is 316 g/mol. The van der Waals surface area contributed by atoms with Gasteiger partial charge in [-0.25, -0.2) is 4.79 Å². The number of aromatic hydroxyl groups is 1. The summed E-state index contributed by atoms with van der Waals surface area (Å²) in [5, 5.41) is 9.58. The molecule has 1 N–H and O–H groups in total. The van der Waals surface area contributed by atoms with E-state index in [0.717, 1.165) is 6.92 Å². The second-order valence-corrected chi connectivity index (χ2v) is 4.04. The second kappa shape index (κ2) is 5.45. The predicted molar refractivity (Wildman–Crippen MR) is 58.8 cm³/mol. The van der Waals surface area contributed by atoms with Crippen LogP contribution in [0.5, 0.6) is 5.75 Å². The summed E-state index contributed by atoms with van der Waals surface area (Å²) in [4.78, 5) is 11.5. The van der Waals surface area contributed by atoms with E-state index in [-0.39, 0.29) is 12.7 Å². The summed E-state index contributed by atoms with van der Waals surface area (Å²) >= 11 is 0. The molecule has 1 aromatic carbocycles. The maximum atomic E-state index is 12.8. The van der Waals surface area contributed by atoms with Gasteiger partial charge in [-0.15, -0.1) is 0 Å². The van der Waals surface area contributed by atoms with Gasteiger partial charge in [0, 0.05) is 5.56 Å². The average Bonchev–Trinajstić information content (AvgIpc) is 2.29. The van der Waals surface area contributed by atoms with Crippen LogP contribution in [0.4, 0.5) is 26.3 Å². The van der Waals surface area contributed by atoms with Crippen LogP contribution in [0.3, 0.4) is 0 Å². The van der Waals surface area contributed by atoms with Crippen molar-refractivity contribution in [2.75, 3.05) is 6.61 Å². The van der Waals surface area contributed by atoms with Crippen LogP contribution in [0, 0.1) is 6.92 Å². The van der Waals surface area contributed by atoms with Gasteiger partial charge >= 0.3 is 18.3 Å². The summed E-state index contributed by atoms with van der Waals surface area (Å²) < 4.78 is 80.9. The Morgan fingerprint density at radius 2 is 1.62 bits per heavy atom. The van der Waals surface area contributed by atoms with E-state index in [4.69, 9.17) is 0 Å². The van der Waals surface area contributed by atoms with Crippen LogP contribution in [0.25, 0.3) is 0 Å². The Hall–Kier alpha value is -1.93. The maximum Gasteiger partial charge on any atom is 0.417 e. The smallest absolute Gasteiger partial charge is 0.417 e. The van der Waals surface area contributed by atoms with Gasteiger partial charge in [0.2, 0.25) is 0 Å². The first-order valence-electron chi connectivity index (χ1n) is 5.59. The highest BCUT2D eigenvalue weighted by Crippen LogP contribution is 2.43. The van der Waals surface area contributed by atoms with E-state index in [2.05, 4.69) is 4.74 Å². The molecule has 0 aliphatic heterocycles. The number of phenolic OH excluding ortho intramolecular Hbond substituents is 1. The molecule has 3 nitrogen and oxygen atoms in total. The maximum absolute atomic E-state index is 12.8. The van der Waals surface area contributed by atoms with Gasteiger partial charge in [-0.2, -0.15) is 26.3 Å². The molecule has 1 rings (SSSR count). The Balaban J connectivity index is 3.72. The molecule has 1 aromatic rings. The highest BCUT2D eigenvalue weighted by Gasteiger charge is 2.43. The Bertz CT molecular complexity index is 560. The lowest BCUT2D eigenvalue weighted by Crippen LogP contribution is -2.19. The monoisotopic (exact) mass is 316 g/mol. The van der Waals surface area contributed by atoms with Gasteiger partial charge in [-0.05, 0) is 19.9 Å². The van der Waals surface area contributed by atoms with Gasteiger partial charge in [0.15, 0.2) is 0 Å². The zero-order valence-corrected chi connectivity index (χ0v) is 10.8. The van der Waals surface area contributed by atoms with Crippen molar-refractivity contribution < 1.29 is 41.0 Å². The number of benzene rings is 1. The minimum atomic E-state index is -5.26. The van der Waals surface area contributed by atoms with Crippen LogP contribution < -0.4 is 0 Å². The summed E-state index contributed by atoms with van der Waals surface area (Å²) in [6, 6.07) is -0.207. The van der Waals surface area contributed by atoms with E-state index in [1.54, 1.807) is 0 Å². The van der Waals surface area contributed by atoms with E-state index >= 15 is 0 Å². The van der Waals surface area contributed by atoms with Crippen LogP contribution in [-0.2, 0) is 17.1 Å². The molecular weight excluding hydrogens is 306 g/mol. The van der Waals surface area contributed by atoms with Crippen LogP contribution in [0.15, 0.2) is 6.07 Å². The third kappa shape index (κ3) is 3.40. The molecule has 0 bridgehead atoms. The molecule has 0 aromatic heterocycles. The summed E-state index contributed by atoms with van der Waals surface area (Å²) in [5.74, 6) is -2.94. The Labute approximate surface area is 115 Å². The van der Waals surface area contributed by atoms with Gasteiger partial charge in [-0.3, -0.25) is 0 Å². The summed E-state index contributed by atoms with van der Waals surface area (Å²) in [7, 11) is 0. The number of esters is 1. The third-order valence-electron chi connectivity index (χ3n) is 2.64. The Morgan fingerprint density at radius 1 is 1.14 bits per heavy atom. The van der Waals surface area contributed by atoms with Crippen molar-refractivity contribution >= 4 is 5.97 Å².